The first-order valence-corrected chi connectivity index (χ1v) is 8.81. The van der Waals surface area contributed by atoms with Crippen LogP contribution >= 0.6 is 0 Å². The molecule has 8 nitrogen and oxygen atoms in total. The molecule has 2 aliphatic heterocycles. The zero-order valence-electron chi connectivity index (χ0n) is 14.9. The number of ether oxygens (including phenoxy) is 1. The summed E-state index contributed by atoms with van der Waals surface area (Å²) in [5.41, 5.74) is 0.577. The van der Waals surface area contributed by atoms with Gasteiger partial charge in [-0.3, -0.25) is 9.89 Å². The molecule has 4 rings (SSSR count). The SMILES string of the molecule is Cc1ccc(-c2cc(C(=O)N3CCC[C@@]4(CC3)CN(C)C(=O)O4)n[nH]2)o1. The Labute approximate surface area is 151 Å². The van der Waals surface area contributed by atoms with Gasteiger partial charge in [0.25, 0.3) is 5.91 Å². The summed E-state index contributed by atoms with van der Waals surface area (Å²) in [4.78, 5) is 28.0. The van der Waals surface area contributed by atoms with E-state index in [0.29, 0.717) is 43.2 Å². The summed E-state index contributed by atoms with van der Waals surface area (Å²) >= 11 is 0. The van der Waals surface area contributed by atoms with Crippen molar-refractivity contribution in [2.24, 2.45) is 0 Å². The number of carbonyl (C=O) groups is 2. The number of aryl methyl sites for hydroxylation is 1. The molecule has 1 atom stereocenters. The number of aromatic nitrogens is 2. The van der Waals surface area contributed by atoms with Gasteiger partial charge in [-0.05, 0) is 31.9 Å². The maximum atomic E-state index is 12.8. The van der Waals surface area contributed by atoms with Crippen LogP contribution in [0, 0.1) is 6.92 Å². The first-order chi connectivity index (χ1) is 12.5. The van der Waals surface area contributed by atoms with Crippen LogP contribution in [0.3, 0.4) is 0 Å². The lowest BCUT2D eigenvalue weighted by Gasteiger charge is -2.25. The predicted octanol–water partition coefficient (Wildman–Crippen LogP) is 2.43. The highest BCUT2D eigenvalue weighted by Gasteiger charge is 2.44. The highest BCUT2D eigenvalue weighted by molar-refractivity contribution is 5.93. The number of aromatic amines is 1. The molecule has 138 valence electrons. The molecule has 0 unspecified atom stereocenters. The maximum absolute atomic E-state index is 12.8. The Morgan fingerprint density at radius 1 is 1.31 bits per heavy atom. The lowest BCUT2D eigenvalue weighted by Crippen LogP contribution is -2.37. The van der Waals surface area contributed by atoms with Crippen LogP contribution in [-0.4, -0.2) is 64.3 Å². The van der Waals surface area contributed by atoms with E-state index in [1.54, 1.807) is 22.9 Å². The van der Waals surface area contributed by atoms with E-state index in [1.165, 1.54) is 0 Å². The number of nitrogens with one attached hydrogen (secondary N) is 1. The van der Waals surface area contributed by atoms with Gasteiger partial charge in [0, 0.05) is 32.6 Å². The van der Waals surface area contributed by atoms with Crippen LogP contribution in [-0.2, 0) is 4.74 Å². The van der Waals surface area contributed by atoms with Gasteiger partial charge in [0.2, 0.25) is 0 Å². The predicted molar refractivity (Wildman–Crippen MR) is 92.6 cm³/mol. The highest BCUT2D eigenvalue weighted by Crippen LogP contribution is 2.33. The fraction of sp³-hybridized carbons (Fsp3) is 0.500. The van der Waals surface area contributed by atoms with Gasteiger partial charge in [-0.2, -0.15) is 5.10 Å². The second-order valence-electron chi connectivity index (χ2n) is 7.13. The smallest absolute Gasteiger partial charge is 0.410 e. The molecule has 0 saturated carbocycles. The molecule has 0 aliphatic carbocycles. The van der Waals surface area contributed by atoms with Crippen LogP contribution in [0.2, 0.25) is 0 Å². The number of hydrogen-bond donors (Lipinski definition) is 1. The molecule has 2 aromatic rings. The lowest BCUT2D eigenvalue weighted by atomic mass is 9.95. The number of likely N-dealkylation sites (tertiary alicyclic amines) is 1. The number of nitrogens with zero attached hydrogens (tertiary/aromatic N) is 3. The topological polar surface area (TPSA) is 91.7 Å². The average molecular weight is 358 g/mol. The third kappa shape index (κ3) is 2.95. The monoisotopic (exact) mass is 358 g/mol. The van der Waals surface area contributed by atoms with Crippen molar-refractivity contribution in [2.75, 3.05) is 26.7 Å². The Balaban J connectivity index is 1.46. The van der Waals surface area contributed by atoms with E-state index in [1.807, 2.05) is 19.1 Å². The zero-order chi connectivity index (χ0) is 18.3. The Kier molecular flexibility index (Phi) is 3.97. The van der Waals surface area contributed by atoms with Crippen LogP contribution in [0.1, 0.15) is 35.5 Å². The number of H-pyrrole nitrogens is 1. The largest absolute Gasteiger partial charge is 0.460 e. The molecule has 8 heteroatoms. The Morgan fingerprint density at radius 3 is 2.85 bits per heavy atom. The molecule has 4 heterocycles. The molecule has 2 saturated heterocycles. The van der Waals surface area contributed by atoms with Crippen molar-refractivity contribution >= 4 is 12.0 Å². The second kappa shape index (κ2) is 6.19. The van der Waals surface area contributed by atoms with Gasteiger partial charge in [0.05, 0.1) is 6.54 Å². The van der Waals surface area contributed by atoms with Crippen LogP contribution in [0.25, 0.3) is 11.5 Å². The number of likely N-dealkylation sites (N-methyl/N-ethyl adjacent to an activating group) is 1. The van der Waals surface area contributed by atoms with Gasteiger partial charge < -0.3 is 19.0 Å². The molecule has 26 heavy (non-hydrogen) atoms. The first-order valence-electron chi connectivity index (χ1n) is 8.81. The van der Waals surface area contributed by atoms with E-state index < -0.39 is 5.60 Å². The fourth-order valence-corrected chi connectivity index (χ4v) is 3.72. The Bertz CT molecular complexity index is 842. The van der Waals surface area contributed by atoms with E-state index in [2.05, 4.69) is 10.2 Å². The molecule has 2 aliphatic rings. The summed E-state index contributed by atoms with van der Waals surface area (Å²) in [6, 6.07) is 5.42. The Hall–Kier alpha value is -2.77. The fourth-order valence-electron chi connectivity index (χ4n) is 3.72. The van der Waals surface area contributed by atoms with Gasteiger partial charge >= 0.3 is 6.09 Å². The van der Waals surface area contributed by atoms with E-state index in [-0.39, 0.29) is 12.0 Å². The molecule has 0 radical (unpaired) electrons. The van der Waals surface area contributed by atoms with Gasteiger partial charge in [-0.1, -0.05) is 0 Å². The average Bonchev–Trinajstić information content (AvgIpc) is 3.27. The van der Waals surface area contributed by atoms with Gasteiger partial charge in [0.1, 0.15) is 17.1 Å². The van der Waals surface area contributed by atoms with E-state index >= 15 is 0 Å². The number of hydrogen-bond acceptors (Lipinski definition) is 5. The molecule has 0 bridgehead atoms. The third-order valence-corrected chi connectivity index (χ3v) is 5.13. The summed E-state index contributed by atoms with van der Waals surface area (Å²) in [5, 5.41) is 7.01. The maximum Gasteiger partial charge on any atom is 0.410 e. The molecule has 1 spiro atoms. The molecule has 2 amide bonds. The summed E-state index contributed by atoms with van der Waals surface area (Å²) in [6.45, 7) is 3.62. The van der Waals surface area contributed by atoms with Crippen molar-refractivity contribution in [3.63, 3.8) is 0 Å². The van der Waals surface area contributed by atoms with E-state index in [4.69, 9.17) is 9.15 Å². The standard InChI is InChI=1S/C18H22N4O4/c1-12-4-5-15(25-12)13-10-14(20-19-13)16(23)22-8-3-6-18(7-9-22)11-21(2)17(24)26-18/h4-5,10H,3,6-9,11H2,1-2H3,(H,19,20)/t18-/m1/s1. The summed E-state index contributed by atoms with van der Waals surface area (Å²) in [7, 11) is 1.74. The molecule has 2 fully saturated rings. The third-order valence-electron chi connectivity index (χ3n) is 5.13. The quantitative estimate of drug-likeness (QED) is 0.890. The van der Waals surface area contributed by atoms with Crippen molar-refractivity contribution in [3.05, 3.63) is 29.7 Å². The number of carbonyl (C=O) groups excluding carboxylic acids is 2. The Morgan fingerprint density at radius 2 is 2.15 bits per heavy atom. The summed E-state index contributed by atoms with van der Waals surface area (Å²) < 4.78 is 11.2. The van der Waals surface area contributed by atoms with Crippen molar-refractivity contribution < 1.29 is 18.7 Å². The molecular weight excluding hydrogens is 336 g/mol. The summed E-state index contributed by atoms with van der Waals surface area (Å²) in [5.74, 6) is 1.34. The number of amides is 2. The van der Waals surface area contributed by atoms with Crippen molar-refractivity contribution in [2.45, 2.75) is 31.8 Å². The van der Waals surface area contributed by atoms with Crippen LogP contribution < -0.4 is 0 Å². The van der Waals surface area contributed by atoms with Gasteiger partial charge in [0.15, 0.2) is 11.5 Å². The molecule has 2 aromatic heterocycles. The minimum Gasteiger partial charge on any atom is -0.460 e. The van der Waals surface area contributed by atoms with Crippen LogP contribution in [0.4, 0.5) is 4.79 Å². The zero-order valence-corrected chi connectivity index (χ0v) is 14.9. The lowest BCUT2D eigenvalue weighted by molar-refractivity contribution is 0.0438. The normalized spacial score (nSPS) is 23.4. The molecular formula is C18H22N4O4. The highest BCUT2D eigenvalue weighted by atomic mass is 16.6. The van der Waals surface area contributed by atoms with Crippen LogP contribution in [0.5, 0.6) is 0 Å². The number of furan rings is 1. The first kappa shape index (κ1) is 16.7. The van der Waals surface area contributed by atoms with Crippen LogP contribution in [0.15, 0.2) is 22.6 Å². The van der Waals surface area contributed by atoms with Crippen molar-refractivity contribution in [3.8, 4) is 11.5 Å². The molecule has 1 N–H and O–H groups in total. The minimum atomic E-state index is -0.469. The summed E-state index contributed by atoms with van der Waals surface area (Å²) in [6.07, 6.45) is 1.92. The van der Waals surface area contributed by atoms with Gasteiger partial charge in [-0.25, -0.2) is 4.79 Å². The van der Waals surface area contributed by atoms with Gasteiger partial charge in [-0.15, -0.1) is 0 Å². The van der Waals surface area contributed by atoms with Crippen molar-refractivity contribution in [1.29, 1.82) is 0 Å². The number of rotatable bonds is 2. The minimum absolute atomic E-state index is 0.120. The van der Waals surface area contributed by atoms with E-state index in [9.17, 15) is 9.59 Å². The second-order valence-corrected chi connectivity index (χ2v) is 7.13. The molecule has 0 aromatic carbocycles. The van der Waals surface area contributed by atoms with Crippen molar-refractivity contribution in [1.82, 2.24) is 20.0 Å². The van der Waals surface area contributed by atoms with E-state index in [0.717, 1.165) is 18.6 Å².